The number of hydrogen-bond donors (Lipinski definition) is 1. The second-order valence-corrected chi connectivity index (χ2v) is 17.3. The Hall–Kier alpha value is -9.00. The van der Waals surface area contributed by atoms with Crippen LogP contribution in [0.1, 0.15) is 22.9 Å². The Kier molecular flexibility index (Phi) is 8.24. The van der Waals surface area contributed by atoms with Crippen molar-refractivity contribution in [2.24, 2.45) is 9.98 Å². The molecule has 0 amide bonds. The molecule has 67 heavy (non-hydrogen) atoms. The fourth-order valence-corrected chi connectivity index (χ4v) is 10.6. The number of amidine groups is 2. The monoisotopic (exact) mass is 857 g/mol. The van der Waals surface area contributed by atoms with Crippen molar-refractivity contribution in [2.75, 3.05) is 0 Å². The summed E-state index contributed by atoms with van der Waals surface area (Å²) in [6.45, 7) is 0. The van der Waals surface area contributed by atoms with Crippen molar-refractivity contribution in [3.63, 3.8) is 0 Å². The molecule has 1 aliphatic rings. The van der Waals surface area contributed by atoms with Gasteiger partial charge in [0.25, 0.3) is 0 Å². The highest BCUT2D eigenvalue weighted by Gasteiger charge is 2.27. The summed E-state index contributed by atoms with van der Waals surface area (Å²) >= 11 is 0. The van der Waals surface area contributed by atoms with E-state index >= 15 is 0 Å². The molecule has 4 heterocycles. The summed E-state index contributed by atoms with van der Waals surface area (Å²) in [5.41, 5.74) is 13.3. The third-order valence-corrected chi connectivity index (χ3v) is 13.6. The number of aromatic nitrogens is 2. The largest absolute Gasteiger partial charge is 0.456 e. The van der Waals surface area contributed by atoms with E-state index in [0.717, 1.165) is 94.4 Å². The lowest BCUT2D eigenvalue weighted by Gasteiger charge is -2.25. The fourth-order valence-electron chi connectivity index (χ4n) is 10.6. The number of nitrogens with one attached hydrogen (secondary N) is 1. The van der Waals surface area contributed by atoms with Gasteiger partial charge in [0.2, 0.25) is 0 Å². The molecule has 0 radical (unpaired) electrons. The number of hydrogen-bond acceptors (Lipinski definition) is 4. The van der Waals surface area contributed by atoms with Gasteiger partial charge in [0.05, 0.1) is 22.1 Å². The maximum absolute atomic E-state index is 6.55. The molecule has 13 aromatic rings. The first kappa shape index (κ1) is 37.4. The minimum atomic E-state index is -0.419. The van der Waals surface area contributed by atoms with Crippen LogP contribution in [0.25, 0.3) is 98.8 Å². The summed E-state index contributed by atoms with van der Waals surface area (Å²) in [6, 6.07) is 79.8. The van der Waals surface area contributed by atoms with E-state index in [2.05, 4.69) is 227 Å². The van der Waals surface area contributed by atoms with Gasteiger partial charge in [-0.3, -0.25) is 0 Å². The molecule has 0 bridgehead atoms. The lowest BCUT2D eigenvalue weighted by atomic mass is 9.93. The van der Waals surface area contributed by atoms with Gasteiger partial charge in [-0.25, -0.2) is 9.98 Å². The van der Waals surface area contributed by atoms with Crippen LogP contribution >= 0.6 is 0 Å². The van der Waals surface area contributed by atoms with Crippen LogP contribution in [0.15, 0.2) is 239 Å². The highest BCUT2D eigenvalue weighted by atomic mass is 16.3. The summed E-state index contributed by atoms with van der Waals surface area (Å²) in [4.78, 5) is 11.1. The predicted octanol–water partition coefficient (Wildman–Crippen LogP) is 15.1. The Bertz CT molecular complexity index is 4190. The number of aliphatic imine (C=N–C) groups is 2. The third kappa shape index (κ3) is 5.83. The number of rotatable bonds is 6. The van der Waals surface area contributed by atoms with E-state index in [-0.39, 0.29) is 0 Å². The molecule has 1 aliphatic heterocycles. The quantitative estimate of drug-likeness (QED) is 0.181. The van der Waals surface area contributed by atoms with E-state index in [0.29, 0.717) is 5.84 Å². The zero-order chi connectivity index (χ0) is 44.0. The van der Waals surface area contributed by atoms with E-state index in [1.165, 1.54) is 26.9 Å². The van der Waals surface area contributed by atoms with E-state index in [9.17, 15) is 0 Å². The van der Waals surface area contributed by atoms with Crippen LogP contribution in [0.2, 0.25) is 0 Å². The molecule has 0 saturated carbocycles. The average Bonchev–Trinajstić information content (AvgIpc) is 4.06. The summed E-state index contributed by atoms with van der Waals surface area (Å²) < 4.78 is 11.3. The van der Waals surface area contributed by atoms with Crippen molar-refractivity contribution in [1.82, 2.24) is 14.5 Å². The van der Waals surface area contributed by atoms with Crippen LogP contribution in [-0.2, 0) is 0 Å². The molecular weight excluding hydrogens is 819 g/mol. The van der Waals surface area contributed by atoms with Crippen molar-refractivity contribution >= 4 is 88.0 Å². The van der Waals surface area contributed by atoms with Gasteiger partial charge in [-0.15, -0.1) is 0 Å². The molecule has 14 rings (SSSR count). The highest BCUT2D eigenvalue weighted by Crippen LogP contribution is 2.42. The van der Waals surface area contributed by atoms with Gasteiger partial charge >= 0.3 is 0 Å². The van der Waals surface area contributed by atoms with Gasteiger partial charge in [-0.1, -0.05) is 152 Å². The summed E-state index contributed by atoms with van der Waals surface area (Å²) in [7, 11) is 0. The molecule has 6 heteroatoms. The van der Waals surface area contributed by atoms with Gasteiger partial charge in [0.1, 0.15) is 23.2 Å². The van der Waals surface area contributed by atoms with Crippen molar-refractivity contribution in [1.29, 1.82) is 0 Å². The molecule has 0 saturated heterocycles. The normalized spacial score (nSPS) is 14.1. The lowest BCUT2D eigenvalue weighted by molar-refractivity contribution is 0.669. The Labute approximate surface area is 385 Å². The second-order valence-electron chi connectivity index (χ2n) is 17.3. The number of nitrogens with zero attached hydrogens (tertiary/aromatic N) is 4. The molecule has 10 aromatic carbocycles. The second kappa shape index (κ2) is 14.8. The first-order valence-corrected chi connectivity index (χ1v) is 22.8. The Morgan fingerprint density at radius 1 is 0.403 bits per heavy atom. The van der Waals surface area contributed by atoms with Crippen molar-refractivity contribution in [3.05, 3.63) is 241 Å². The number of fused-ring (bicyclic) bond motifs is 10. The molecule has 1 N–H and O–H groups in total. The molecule has 1 atom stereocenters. The molecule has 3 aromatic heterocycles. The van der Waals surface area contributed by atoms with Crippen molar-refractivity contribution < 1.29 is 4.42 Å². The highest BCUT2D eigenvalue weighted by molar-refractivity contribution is 6.23. The molecule has 0 fully saturated rings. The molecule has 6 nitrogen and oxygen atoms in total. The molecule has 0 spiro atoms. The number of furan rings is 1. The zero-order valence-electron chi connectivity index (χ0n) is 36.1. The van der Waals surface area contributed by atoms with E-state index < -0.39 is 6.17 Å². The minimum Gasteiger partial charge on any atom is -0.456 e. The molecular formula is C61H39N5O. The maximum atomic E-state index is 6.55. The average molecular weight is 858 g/mol. The van der Waals surface area contributed by atoms with Gasteiger partial charge in [0, 0.05) is 54.8 Å². The molecule has 1 unspecified atom stereocenters. The fraction of sp³-hybridized carbons (Fsp3) is 0.0164. The summed E-state index contributed by atoms with van der Waals surface area (Å²) in [6.07, 6.45) is -0.419. The van der Waals surface area contributed by atoms with Crippen LogP contribution in [0.4, 0.5) is 0 Å². The predicted molar refractivity (Wildman–Crippen MR) is 277 cm³/mol. The van der Waals surface area contributed by atoms with Gasteiger partial charge < -0.3 is 18.9 Å². The van der Waals surface area contributed by atoms with Crippen LogP contribution < -0.4 is 5.32 Å². The Morgan fingerprint density at radius 2 is 1.03 bits per heavy atom. The maximum Gasteiger partial charge on any atom is 0.160 e. The Balaban J connectivity index is 1.06. The summed E-state index contributed by atoms with van der Waals surface area (Å²) in [5.74, 6) is 1.39. The smallest absolute Gasteiger partial charge is 0.160 e. The topological polar surface area (TPSA) is 59.8 Å². The number of benzene rings is 10. The van der Waals surface area contributed by atoms with Gasteiger partial charge in [-0.05, 0) is 100 Å². The van der Waals surface area contributed by atoms with E-state index in [1.807, 2.05) is 12.1 Å². The lowest BCUT2D eigenvalue weighted by Crippen LogP contribution is -2.34. The van der Waals surface area contributed by atoms with E-state index in [1.54, 1.807) is 0 Å². The summed E-state index contributed by atoms with van der Waals surface area (Å²) in [5, 5.41) is 13.1. The third-order valence-electron chi connectivity index (χ3n) is 13.6. The molecule has 0 aliphatic carbocycles. The van der Waals surface area contributed by atoms with E-state index in [4.69, 9.17) is 14.4 Å². The standard InChI is InChI=1S/C61H39N5O/c1-3-17-38(18-4-1)59-62-60(64-61(63-59)49-28-15-27-46-43-23-9-13-30-53(43)66(58(46)49)41-21-5-2-6-22-41)47-34-33-42(37-50(47)45-26-16-32-56-57(45)48-25-11-14-31-55(48)67-56)65-52-29-12-10-24-44(52)51-35-39-19-7-8-20-40(39)36-54(51)65/h1-37,59H,(H,62,63,64). The first-order valence-electron chi connectivity index (χ1n) is 22.8. The van der Waals surface area contributed by atoms with Crippen LogP contribution in [0.5, 0.6) is 0 Å². The SMILES string of the molecule is c1ccc(C2N=C(c3ccc(-n4c5ccccc5c5cc6ccccc6cc54)cc3-c3cccc4oc5ccccc5c34)N=C(c3cccc4c5ccccc5n(-c5ccccc5)c34)N2)cc1. The van der Waals surface area contributed by atoms with Crippen molar-refractivity contribution in [2.45, 2.75) is 6.17 Å². The van der Waals surface area contributed by atoms with Gasteiger partial charge in [-0.2, -0.15) is 0 Å². The van der Waals surface area contributed by atoms with Crippen LogP contribution in [-0.4, -0.2) is 20.8 Å². The first-order chi connectivity index (χ1) is 33.2. The van der Waals surface area contributed by atoms with Crippen LogP contribution in [0, 0.1) is 0 Å². The van der Waals surface area contributed by atoms with Crippen molar-refractivity contribution in [3.8, 4) is 22.5 Å². The Morgan fingerprint density at radius 3 is 1.85 bits per heavy atom. The molecule has 314 valence electrons. The number of para-hydroxylation sites is 5. The van der Waals surface area contributed by atoms with Crippen LogP contribution in [0.3, 0.4) is 0 Å². The van der Waals surface area contributed by atoms with Gasteiger partial charge in [0.15, 0.2) is 5.84 Å². The zero-order valence-corrected chi connectivity index (χ0v) is 36.1. The minimum absolute atomic E-state index is 0.419.